The van der Waals surface area contributed by atoms with E-state index in [4.69, 9.17) is 22.1 Å². The number of amides is 1. The molecule has 2 aromatic carbocycles. The van der Waals surface area contributed by atoms with E-state index in [0.29, 0.717) is 11.6 Å². The number of rotatable bonds is 5. The number of carbonyl (C=O) groups excluding carboxylic acids is 1. The van der Waals surface area contributed by atoms with Gasteiger partial charge in [0, 0.05) is 11.1 Å². The van der Waals surface area contributed by atoms with Gasteiger partial charge in [0.25, 0.3) is 0 Å². The van der Waals surface area contributed by atoms with Gasteiger partial charge in [-0.3, -0.25) is 4.79 Å². The van der Waals surface area contributed by atoms with Gasteiger partial charge in [-0.1, -0.05) is 29.8 Å². The van der Waals surface area contributed by atoms with Gasteiger partial charge in [0.1, 0.15) is 12.4 Å². The van der Waals surface area contributed by atoms with Gasteiger partial charge in [-0.05, 0) is 57.4 Å². The summed E-state index contributed by atoms with van der Waals surface area (Å²) in [6.45, 7) is 0.451. The van der Waals surface area contributed by atoms with E-state index in [9.17, 15) is 4.79 Å². The highest BCUT2D eigenvalue weighted by Gasteiger charge is 2.02. The highest BCUT2D eigenvalue weighted by atomic mass is 79.9. The van der Waals surface area contributed by atoms with Crippen LogP contribution in [0.15, 0.2) is 53.0 Å². The standard InChI is InChI=1S/C16H13BrClNO2/c17-14-9-11(4-8-16(19)20)3-7-15(14)21-10-12-1-5-13(18)6-2-12/h1-9H,10H2,(H2,19,20). The molecular weight excluding hydrogens is 354 g/mol. The smallest absolute Gasteiger partial charge is 0.241 e. The Balaban J connectivity index is 2.04. The quantitative estimate of drug-likeness (QED) is 0.807. The molecule has 0 heterocycles. The van der Waals surface area contributed by atoms with Crippen LogP contribution < -0.4 is 10.5 Å². The highest BCUT2D eigenvalue weighted by molar-refractivity contribution is 9.10. The fourth-order valence-electron chi connectivity index (χ4n) is 1.66. The molecule has 0 atom stereocenters. The number of ether oxygens (including phenoxy) is 1. The second kappa shape index (κ2) is 7.29. The largest absolute Gasteiger partial charge is 0.488 e. The van der Waals surface area contributed by atoms with Crippen LogP contribution in [0.2, 0.25) is 5.02 Å². The van der Waals surface area contributed by atoms with Crippen LogP contribution in [0.1, 0.15) is 11.1 Å². The number of hydrogen-bond acceptors (Lipinski definition) is 2. The maximum atomic E-state index is 10.7. The predicted molar refractivity (Wildman–Crippen MR) is 88.2 cm³/mol. The molecule has 0 spiro atoms. The summed E-state index contributed by atoms with van der Waals surface area (Å²) in [5, 5.41) is 0.700. The summed E-state index contributed by atoms with van der Waals surface area (Å²) in [5.74, 6) is 0.246. The molecule has 1 amide bonds. The maximum Gasteiger partial charge on any atom is 0.241 e. The van der Waals surface area contributed by atoms with Gasteiger partial charge in [0.2, 0.25) is 5.91 Å². The number of nitrogens with two attached hydrogens (primary N) is 1. The van der Waals surface area contributed by atoms with Crippen molar-refractivity contribution in [3.63, 3.8) is 0 Å². The Kier molecular flexibility index (Phi) is 5.42. The van der Waals surface area contributed by atoms with Crippen LogP contribution in [0, 0.1) is 0 Å². The van der Waals surface area contributed by atoms with Gasteiger partial charge in [-0.15, -0.1) is 0 Å². The van der Waals surface area contributed by atoms with Crippen molar-refractivity contribution < 1.29 is 9.53 Å². The van der Waals surface area contributed by atoms with Crippen LogP contribution >= 0.6 is 27.5 Å². The lowest BCUT2D eigenvalue weighted by atomic mass is 10.2. The molecule has 2 rings (SSSR count). The first-order valence-corrected chi connectivity index (χ1v) is 7.36. The van der Waals surface area contributed by atoms with Crippen molar-refractivity contribution in [3.05, 3.63) is 69.2 Å². The van der Waals surface area contributed by atoms with Crippen molar-refractivity contribution in [1.29, 1.82) is 0 Å². The van der Waals surface area contributed by atoms with Crippen molar-refractivity contribution >= 4 is 39.5 Å². The first kappa shape index (κ1) is 15.6. The molecule has 0 aliphatic heterocycles. The second-order valence-corrected chi connectivity index (χ2v) is 5.63. The van der Waals surface area contributed by atoms with Crippen molar-refractivity contribution in [3.8, 4) is 5.75 Å². The summed E-state index contributed by atoms with van der Waals surface area (Å²) in [4.78, 5) is 10.7. The van der Waals surface area contributed by atoms with E-state index in [1.54, 1.807) is 6.08 Å². The molecule has 0 unspecified atom stereocenters. The summed E-state index contributed by atoms with van der Waals surface area (Å²) in [7, 11) is 0. The van der Waals surface area contributed by atoms with Crippen LogP contribution in [-0.2, 0) is 11.4 Å². The zero-order valence-corrected chi connectivity index (χ0v) is 13.4. The monoisotopic (exact) mass is 365 g/mol. The number of hydrogen-bond donors (Lipinski definition) is 1. The number of carbonyl (C=O) groups is 1. The van der Waals surface area contributed by atoms with Crippen LogP contribution in [0.4, 0.5) is 0 Å². The zero-order chi connectivity index (χ0) is 15.2. The van der Waals surface area contributed by atoms with Gasteiger partial charge in [-0.25, -0.2) is 0 Å². The van der Waals surface area contributed by atoms with E-state index in [0.717, 1.165) is 21.3 Å². The summed E-state index contributed by atoms with van der Waals surface area (Å²) in [6.07, 6.45) is 2.96. The predicted octanol–water partition coefficient (Wildman–Crippen LogP) is 4.18. The molecule has 0 radical (unpaired) electrons. The summed E-state index contributed by atoms with van der Waals surface area (Å²) in [6, 6.07) is 13.0. The van der Waals surface area contributed by atoms with Crippen molar-refractivity contribution in [2.75, 3.05) is 0 Å². The minimum Gasteiger partial charge on any atom is -0.488 e. The number of benzene rings is 2. The average Bonchev–Trinajstić information content (AvgIpc) is 2.46. The van der Waals surface area contributed by atoms with Crippen LogP contribution in [0.25, 0.3) is 6.08 Å². The third kappa shape index (κ3) is 4.92. The van der Waals surface area contributed by atoms with Gasteiger partial charge in [0.05, 0.1) is 4.47 Å². The van der Waals surface area contributed by atoms with E-state index in [1.807, 2.05) is 42.5 Å². The van der Waals surface area contributed by atoms with Crippen LogP contribution in [0.5, 0.6) is 5.75 Å². The van der Waals surface area contributed by atoms with E-state index in [2.05, 4.69) is 15.9 Å². The second-order valence-electron chi connectivity index (χ2n) is 4.34. The van der Waals surface area contributed by atoms with Crippen molar-refractivity contribution in [2.45, 2.75) is 6.61 Å². The Morgan fingerprint density at radius 1 is 1.24 bits per heavy atom. The molecule has 0 saturated heterocycles. The number of halogens is 2. The Morgan fingerprint density at radius 3 is 2.57 bits per heavy atom. The van der Waals surface area contributed by atoms with E-state index in [1.165, 1.54) is 6.08 Å². The Hall–Kier alpha value is -1.78. The third-order valence-corrected chi connectivity index (χ3v) is 3.58. The molecule has 5 heteroatoms. The van der Waals surface area contributed by atoms with E-state index >= 15 is 0 Å². The minimum atomic E-state index is -0.478. The number of primary amides is 1. The topological polar surface area (TPSA) is 52.3 Å². The van der Waals surface area contributed by atoms with Gasteiger partial charge >= 0.3 is 0 Å². The molecular formula is C16H13BrClNO2. The molecule has 0 aliphatic carbocycles. The summed E-state index contributed by atoms with van der Waals surface area (Å²) in [5.41, 5.74) is 6.95. The lowest BCUT2D eigenvalue weighted by Gasteiger charge is -2.09. The third-order valence-electron chi connectivity index (χ3n) is 2.70. The fraction of sp³-hybridized carbons (Fsp3) is 0.0625. The molecule has 108 valence electrons. The molecule has 0 aromatic heterocycles. The van der Waals surface area contributed by atoms with E-state index in [-0.39, 0.29) is 0 Å². The van der Waals surface area contributed by atoms with Gasteiger partial charge in [0.15, 0.2) is 0 Å². The van der Waals surface area contributed by atoms with E-state index < -0.39 is 5.91 Å². The first-order valence-electron chi connectivity index (χ1n) is 6.19. The van der Waals surface area contributed by atoms with Gasteiger partial charge in [-0.2, -0.15) is 0 Å². The first-order chi connectivity index (χ1) is 10.0. The van der Waals surface area contributed by atoms with Crippen LogP contribution in [-0.4, -0.2) is 5.91 Å². The van der Waals surface area contributed by atoms with Crippen molar-refractivity contribution in [2.24, 2.45) is 5.73 Å². The molecule has 0 saturated carbocycles. The Bertz CT molecular complexity index is 668. The highest BCUT2D eigenvalue weighted by Crippen LogP contribution is 2.27. The normalized spacial score (nSPS) is 10.8. The lowest BCUT2D eigenvalue weighted by Crippen LogP contribution is -2.05. The molecule has 3 nitrogen and oxygen atoms in total. The molecule has 0 fully saturated rings. The SMILES string of the molecule is NC(=O)C=Cc1ccc(OCc2ccc(Cl)cc2)c(Br)c1. The zero-order valence-electron chi connectivity index (χ0n) is 11.1. The molecule has 0 aliphatic rings. The van der Waals surface area contributed by atoms with Crippen LogP contribution in [0.3, 0.4) is 0 Å². The molecule has 2 N–H and O–H groups in total. The summed E-state index contributed by atoms with van der Waals surface area (Å²) < 4.78 is 6.55. The summed E-state index contributed by atoms with van der Waals surface area (Å²) >= 11 is 9.28. The van der Waals surface area contributed by atoms with Crippen molar-refractivity contribution in [1.82, 2.24) is 0 Å². The molecule has 21 heavy (non-hydrogen) atoms. The average molecular weight is 367 g/mol. The Labute approximate surface area is 136 Å². The maximum absolute atomic E-state index is 10.7. The lowest BCUT2D eigenvalue weighted by molar-refractivity contribution is -0.113. The fourth-order valence-corrected chi connectivity index (χ4v) is 2.29. The molecule has 2 aromatic rings. The van der Waals surface area contributed by atoms with Gasteiger partial charge < -0.3 is 10.5 Å². The minimum absolute atomic E-state index is 0.451. The molecule has 0 bridgehead atoms. The Morgan fingerprint density at radius 2 is 1.95 bits per heavy atom.